The van der Waals surface area contributed by atoms with Crippen molar-refractivity contribution in [3.63, 3.8) is 0 Å². The fraction of sp³-hybridized carbons (Fsp3) is 0.481. The molecule has 0 spiro atoms. The fourth-order valence-corrected chi connectivity index (χ4v) is 4.43. The lowest BCUT2D eigenvalue weighted by molar-refractivity contribution is -0.153. The SMILES string of the molecule is CC(=O)OCCCN1CCc2cc(C[C@@H](C)NCCOc3ccccc3OCC(F)(F)F)cc(C(N)=O)c21. The number of primary amides is 1. The third kappa shape index (κ3) is 8.83. The number of ether oxygens (including phenoxy) is 3. The van der Waals surface area contributed by atoms with Gasteiger partial charge in [0.1, 0.15) is 6.61 Å². The van der Waals surface area contributed by atoms with E-state index in [9.17, 15) is 22.8 Å². The van der Waals surface area contributed by atoms with Gasteiger partial charge in [0.25, 0.3) is 5.91 Å². The van der Waals surface area contributed by atoms with Gasteiger partial charge in [-0.25, -0.2) is 0 Å². The Balaban J connectivity index is 1.52. The van der Waals surface area contributed by atoms with E-state index in [-0.39, 0.29) is 30.1 Å². The second kappa shape index (κ2) is 13.4. The van der Waals surface area contributed by atoms with Crippen molar-refractivity contribution >= 4 is 17.6 Å². The van der Waals surface area contributed by atoms with Gasteiger partial charge in [0, 0.05) is 32.6 Å². The number of benzene rings is 2. The van der Waals surface area contributed by atoms with Gasteiger partial charge in [0.2, 0.25) is 0 Å². The number of carbonyl (C=O) groups excluding carboxylic acids is 2. The number of para-hydroxylation sites is 2. The molecule has 38 heavy (non-hydrogen) atoms. The van der Waals surface area contributed by atoms with Gasteiger partial charge in [-0.2, -0.15) is 13.2 Å². The van der Waals surface area contributed by atoms with Crippen molar-refractivity contribution < 1.29 is 37.0 Å². The minimum atomic E-state index is -4.43. The monoisotopic (exact) mass is 537 g/mol. The average molecular weight is 538 g/mol. The molecule has 3 N–H and O–H groups in total. The number of nitrogens with zero attached hydrogens (tertiary/aromatic N) is 1. The van der Waals surface area contributed by atoms with Gasteiger partial charge < -0.3 is 30.2 Å². The zero-order valence-corrected chi connectivity index (χ0v) is 21.6. The number of fused-ring (bicyclic) bond motifs is 1. The van der Waals surface area contributed by atoms with Crippen LogP contribution in [0.1, 0.15) is 41.8 Å². The number of nitrogens with two attached hydrogens (primary N) is 1. The zero-order chi connectivity index (χ0) is 27.7. The van der Waals surface area contributed by atoms with Gasteiger partial charge in [-0.15, -0.1) is 0 Å². The minimum absolute atomic E-state index is 0.0373. The Labute approximate surface area is 220 Å². The van der Waals surface area contributed by atoms with Crippen molar-refractivity contribution in [1.29, 1.82) is 0 Å². The van der Waals surface area contributed by atoms with Crippen molar-refractivity contribution in [2.75, 3.05) is 44.4 Å². The maximum absolute atomic E-state index is 12.5. The number of carbonyl (C=O) groups is 2. The molecule has 1 heterocycles. The highest BCUT2D eigenvalue weighted by molar-refractivity contribution is 6.00. The molecule has 0 fully saturated rings. The molecule has 0 radical (unpaired) electrons. The molecule has 11 heteroatoms. The van der Waals surface area contributed by atoms with E-state index in [1.807, 2.05) is 13.0 Å². The molecule has 8 nitrogen and oxygen atoms in total. The molecule has 0 aliphatic carbocycles. The summed E-state index contributed by atoms with van der Waals surface area (Å²) in [6.07, 6.45) is -2.34. The largest absolute Gasteiger partial charge is 0.488 e. The maximum atomic E-state index is 12.5. The smallest absolute Gasteiger partial charge is 0.422 e. The van der Waals surface area contributed by atoms with Crippen LogP contribution < -0.4 is 25.4 Å². The summed E-state index contributed by atoms with van der Waals surface area (Å²) in [5.41, 5.74) is 9.09. The summed E-state index contributed by atoms with van der Waals surface area (Å²) in [4.78, 5) is 25.3. The van der Waals surface area contributed by atoms with Crippen LogP contribution in [0.3, 0.4) is 0 Å². The summed E-state index contributed by atoms with van der Waals surface area (Å²) >= 11 is 0. The Morgan fingerprint density at radius 1 is 1.13 bits per heavy atom. The molecule has 208 valence electrons. The van der Waals surface area contributed by atoms with Crippen LogP contribution in [0.5, 0.6) is 11.5 Å². The predicted octanol–water partition coefficient (Wildman–Crippen LogP) is 3.64. The van der Waals surface area contributed by atoms with Crippen molar-refractivity contribution in [1.82, 2.24) is 5.32 Å². The Morgan fingerprint density at radius 3 is 2.50 bits per heavy atom. The third-order valence-electron chi connectivity index (χ3n) is 5.99. The first-order valence-electron chi connectivity index (χ1n) is 12.5. The van der Waals surface area contributed by atoms with Crippen LogP contribution in [-0.4, -0.2) is 63.5 Å². The van der Waals surface area contributed by atoms with Crippen LogP contribution >= 0.6 is 0 Å². The predicted molar refractivity (Wildman–Crippen MR) is 137 cm³/mol. The minimum Gasteiger partial charge on any atom is -0.488 e. The van der Waals surface area contributed by atoms with Crippen molar-refractivity contribution in [2.45, 2.75) is 45.3 Å². The topological polar surface area (TPSA) is 103 Å². The molecule has 1 atom stereocenters. The lowest BCUT2D eigenvalue weighted by Gasteiger charge is -2.22. The Kier molecular flexibility index (Phi) is 10.2. The Morgan fingerprint density at radius 2 is 1.84 bits per heavy atom. The molecule has 0 saturated heterocycles. The Bertz CT molecular complexity index is 1110. The number of alkyl halides is 3. The molecule has 0 saturated carbocycles. The molecule has 2 aromatic carbocycles. The van der Waals surface area contributed by atoms with E-state index in [1.54, 1.807) is 18.2 Å². The first-order valence-corrected chi connectivity index (χ1v) is 12.5. The summed E-state index contributed by atoms with van der Waals surface area (Å²) in [6.45, 7) is 4.42. The van der Waals surface area contributed by atoms with Gasteiger partial charge in [0.15, 0.2) is 18.1 Å². The second-order valence-corrected chi connectivity index (χ2v) is 9.20. The summed E-state index contributed by atoms with van der Waals surface area (Å²) in [5.74, 6) is -0.525. The molecule has 0 unspecified atom stereocenters. The van der Waals surface area contributed by atoms with Crippen LogP contribution in [0.4, 0.5) is 18.9 Å². The van der Waals surface area contributed by atoms with Crippen LogP contribution in [0.15, 0.2) is 36.4 Å². The first kappa shape index (κ1) is 29.1. The normalized spacial score (nSPS) is 13.7. The summed E-state index contributed by atoms with van der Waals surface area (Å²) in [5, 5.41) is 3.33. The van der Waals surface area contributed by atoms with Gasteiger partial charge in [-0.1, -0.05) is 18.2 Å². The van der Waals surface area contributed by atoms with E-state index in [1.165, 1.54) is 13.0 Å². The number of esters is 1. The molecular weight excluding hydrogens is 503 g/mol. The lowest BCUT2D eigenvalue weighted by Crippen LogP contribution is -2.32. The number of hydrogen-bond acceptors (Lipinski definition) is 7. The van der Waals surface area contributed by atoms with Crippen LogP contribution in [0.2, 0.25) is 0 Å². The summed E-state index contributed by atoms with van der Waals surface area (Å²) in [6, 6.07) is 10.2. The molecule has 3 rings (SSSR count). The number of anilines is 1. The van der Waals surface area contributed by atoms with Crippen LogP contribution in [0.25, 0.3) is 0 Å². The molecule has 1 amide bonds. The number of halogens is 3. The van der Waals surface area contributed by atoms with Gasteiger partial charge in [-0.3, -0.25) is 9.59 Å². The van der Waals surface area contributed by atoms with Crippen LogP contribution in [0, 0.1) is 0 Å². The standard InChI is InChI=1S/C27H34F3N3O5/c1-18(32-9-13-37-23-6-3-4-7-24(23)38-17-27(28,29)30)14-20-15-21-8-11-33(10-5-12-36-19(2)34)25(21)22(16-20)26(31)35/h3-4,6-7,15-16,18,32H,5,8-14,17H2,1-2H3,(H2,31,35)/t18-/m1/s1. The maximum Gasteiger partial charge on any atom is 0.422 e. The quantitative estimate of drug-likeness (QED) is 0.280. The highest BCUT2D eigenvalue weighted by atomic mass is 19.4. The Hall–Kier alpha value is -3.47. The highest BCUT2D eigenvalue weighted by Crippen LogP contribution is 2.34. The molecule has 1 aliphatic heterocycles. The van der Waals surface area contributed by atoms with E-state index in [0.29, 0.717) is 38.1 Å². The van der Waals surface area contributed by atoms with Crippen molar-refractivity contribution in [2.24, 2.45) is 5.73 Å². The van der Waals surface area contributed by atoms with Gasteiger partial charge in [0.05, 0.1) is 17.9 Å². The van der Waals surface area contributed by atoms with Crippen LogP contribution in [-0.2, 0) is 22.4 Å². The number of rotatable bonds is 14. The highest BCUT2D eigenvalue weighted by Gasteiger charge is 2.29. The lowest BCUT2D eigenvalue weighted by atomic mass is 9.98. The number of hydrogen-bond donors (Lipinski definition) is 2. The molecule has 2 aromatic rings. The zero-order valence-electron chi connectivity index (χ0n) is 21.6. The van der Waals surface area contributed by atoms with Gasteiger partial charge in [-0.05, 0) is 55.5 Å². The van der Waals surface area contributed by atoms with Gasteiger partial charge >= 0.3 is 12.1 Å². The van der Waals surface area contributed by atoms with Crippen molar-refractivity contribution in [3.8, 4) is 11.5 Å². The van der Waals surface area contributed by atoms with E-state index >= 15 is 0 Å². The average Bonchev–Trinajstić information content (AvgIpc) is 3.25. The van der Waals surface area contributed by atoms with Crippen molar-refractivity contribution in [3.05, 3.63) is 53.1 Å². The molecular formula is C27H34F3N3O5. The summed E-state index contributed by atoms with van der Waals surface area (Å²) < 4.78 is 52.9. The third-order valence-corrected chi connectivity index (χ3v) is 5.99. The molecule has 0 aromatic heterocycles. The number of amides is 1. The second-order valence-electron chi connectivity index (χ2n) is 9.20. The summed E-state index contributed by atoms with van der Waals surface area (Å²) in [7, 11) is 0. The van der Waals surface area contributed by atoms with E-state index in [0.717, 1.165) is 29.8 Å². The molecule has 0 bridgehead atoms. The molecule has 1 aliphatic rings. The fourth-order valence-electron chi connectivity index (χ4n) is 4.43. The number of nitrogens with one attached hydrogen (secondary N) is 1. The van der Waals surface area contributed by atoms with E-state index in [4.69, 9.17) is 19.9 Å². The van der Waals surface area contributed by atoms with E-state index < -0.39 is 18.7 Å². The first-order chi connectivity index (χ1) is 18.0. The van der Waals surface area contributed by atoms with E-state index in [2.05, 4.69) is 16.3 Å².